The zero-order valence-corrected chi connectivity index (χ0v) is 16.1. The molecule has 0 atom stereocenters. The number of hydrogen-bond acceptors (Lipinski definition) is 9. The van der Waals surface area contributed by atoms with Crippen molar-refractivity contribution in [1.82, 2.24) is 0 Å². The molecule has 0 aliphatic heterocycles. The molecule has 1 N–H and O–H groups in total. The molecule has 12 heteroatoms. The Labute approximate surface area is 136 Å². The molecule has 0 unspecified atom stereocenters. The van der Waals surface area contributed by atoms with Crippen LogP contribution in [0, 0.1) is 0 Å². The van der Waals surface area contributed by atoms with Crippen LogP contribution in [-0.2, 0) is 40.9 Å². The van der Waals surface area contributed by atoms with Crippen molar-refractivity contribution in [3.8, 4) is 0 Å². The predicted octanol–water partition coefficient (Wildman–Crippen LogP) is -0.318. The van der Waals surface area contributed by atoms with E-state index in [0.717, 1.165) is 6.92 Å². The van der Waals surface area contributed by atoms with E-state index in [2.05, 4.69) is 0 Å². The van der Waals surface area contributed by atoms with Crippen LogP contribution in [0.4, 0.5) is 0 Å². The van der Waals surface area contributed by atoms with Crippen LogP contribution in [0.1, 0.15) is 6.92 Å². The number of rotatable bonds is 11. The Hall–Kier alpha value is -0.996. The monoisotopic (exact) mass is 370 g/mol. The third-order valence-electron chi connectivity index (χ3n) is 3.10. The van der Waals surface area contributed by atoms with Gasteiger partial charge in [0.1, 0.15) is 0 Å². The Morgan fingerprint density at radius 2 is 1.13 bits per heavy atom. The van der Waals surface area contributed by atoms with Crippen LogP contribution in [0.5, 0.6) is 0 Å². The summed E-state index contributed by atoms with van der Waals surface area (Å²) in [6.07, 6.45) is 0. The molecule has 0 radical (unpaired) electrons. The molecule has 0 heterocycles. The topological polar surface area (TPSA) is 127 Å². The maximum atomic E-state index is 12.2. The van der Waals surface area contributed by atoms with Crippen LogP contribution in [0.25, 0.3) is 0 Å². The van der Waals surface area contributed by atoms with Crippen molar-refractivity contribution in [2.75, 3.05) is 28.4 Å². The third kappa shape index (κ3) is 4.99. The van der Waals surface area contributed by atoms with E-state index in [1.807, 2.05) is 0 Å². The molecule has 0 aromatic carbocycles. The van der Waals surface area contributed by atoms with Gasteiger partial charge in [-0.3, -0.25) is 9.59 Å². The molecule has 0 bridgehead atoms. The molecule has 0 amide bonds. The smallest absolute Gasteiger partial charge is 0.475 e. The fourth-order valence-electron chi connectivity index (χ4n) is 1.41. The number of hydrogen-bond donors (Lipinski definition) is 1. The first kappa shape index (κ1) is 22.0. The van der Waals surface area contributed by atoms with Crippen LogP contribution in [0.2, 0.25) is 13.1 Å². The second kappa shape index (κ2) is 8.21. The van der Waals surface area contributed by atoms with Crippen molar-refractivity contribution < 1.29 is 46.0 Å². The average molecular weight is 370 g/mol. The molecule has 0 rings (SSSR count). The highest BCUT2D eigenvalue weighted by Crippen LogP contribution is 2.28. The molecule has 0 fully saturated rings. The van der Waals surface area contributed by atoms with Crippen LogP contribution in [0.15, 0.2) is 0 Å². The van der Waals surface area contributed by atoms with Crippen molar-refractivity contribution >= 4 is 35.1 Å². The highest BCUT2D eigenvalue weighted by atomic mass is 28.4. The molecule has 0 spiro atoms. The largest absolute Gasteiger partial charge is 0.499 e. The summed E-state index contributed by atoms with van der Waals surface area (Å²) in [7, 11) is -2.17. The fraction of sp³-hybridized carbons (Fsp3) is 0.727. The molecule has 0 saturated carbocycles. The number of Topliss-reactive ketones (excluding diaryl/α,β-unsaturated/α-hetero) is 2. The molecule has 0 saturated heterocycles. The zero-order chi connectivity index (χ0) is 18.5. The predicted molar refractivity (Wildman–Crippen MR) is 79.5 cm³/mol. The lowest BCUT2D eigenvalue weighted by Crippen LogP contribution is -2.65. The summed E-state index contributed by atoms with van der Waals surface area (Å²) >= 11 is 0. The van der Waals surface area contributed by atoms with Gasteiger partial charge in [-0.2, -0.15) is 0 Å². The summed E-state index contributed by atoms with van der Waals surface area (Å²) in [5.41, 5.74) is 0. The highest BCUT2D eigenvalue weighted by molar-refractivity contribution is 6.62. The van der Waals surface area contributed by atoms with E-state index in [1.165, 1.54) is 41.5 Å². The van der Waals surface area contributed by atoms with Crippen molar-refractivity contribution in [3.63, 3.8) is 0 Å². The van der Waals surface area contributed by atoms with E-state index in [0.29, 0.717) is 0 Å². The lowest BCUT2D eigenvalue weighted by Gasteiger charge is -2.38. The third-order valence-corrected chi connectivity index (χ3v) is 7.38. The Balaban J connectivity index is 6.16. The standard InChI is InChI=1S/C11H22O10Si2/c1-8(12)11(9(13)10(14)15,20-22(6,16-2)17-3)21-23(7,18-4)19-5/h1-7H3,(H,14,15). The van der Waals surface area contributed by atoms with Crippen LogP contribution in [0.3, 0.4) is 0 Å². The van der Waals surface area contributed by atoms with Gasteiger partial charge >= 0.3 is 29.4 Å². The minimum Gasteiger partial charge on any atom is -0.475 e. The van der Waals surface area contributed by atoms with Crippen LogP contribution in [-0.4, -0.2) is 74.5 Å². The number of carboxylic acids is 1. The maximum absolute atomic E-state index is 12.2. The van der Waals surface area contributed by atoms with Gasteiger partial charge in [0, 0.05) is 48.5 Å². The van der Waals surface area contributed by atoms with Crippen LogP contribution < -0.4 is 0 Å². The highest BCUT2D eigenvalue weighted by Gasteiger charge is 2.60. The molecule has 23 heavy (non-hydrogen) atoms. The van der Waals surface area contributed by atoms with E-state index in [9.17, 15) is 14.4 Å². The molecular weight excluding hydrogens is 348 g/mol. The summed E-state index contributed by atoms with van der Waals surface area (Å²) in [5, 5.41) is 9.06. The minimum atomic E-state index is -3.55. The summed E-state index contributed by atoms with van der Waals surface area (Å²) in [4.78, 5) is 35.5. The summed E-state index contributed by atoms with van der Waals surface area (Å²) in [6, 6.07) is 0. The first-order valence-corrected chi connectivity index (χ1v) is 10.8. The Kier molecular flexibility index (Phi) is 7.85. The molecular formula is C11H22O10Si2. The van der Waals surface area contributed by atoms with Gasteiger partial charge in [-0.25, -0.2) is 4.79 Å². The van der Waals surface area contributed by atoms with Gasteiger partial charge in [0.15, 0.2) is 5.78 Å². The number of carbonyl (C=O) groups is 3. The lowest BCUT2D eigenvalue weighted by atomic mass is 10.1. The molecule has 0 aromatic rings. The van der Waals surface area contributed by atoms with Crippen molar-refractivity contribution in [2.24, 2.45) is 0 Å². The van der Waals surface area contributed by atoms with Gasteiger partial charge in [0.2, 0.25) is 0 Å². The van der Waals surface area contributed by atoms with E-state index in [1.54, 1.807) is 0 Å². The Morgan fingerprint density at radius 3 is 1.30 bits per heavy atom. The second-order valence-electron chi connectivity index (χ2n) is 4.55. The molecule has 0 aliphatic carbocycles. The van der Waals surface area contributed by atoms with E-state index in [4.69, 9.17) is 31.7 Å². The minimum absolute atomic E-state index is 0.946. The number of carbonyl (C=O) groups excluding carboxylic acids is 2. The normalized spacial score (nSPS) is 13.0. The molecule has 0 aromatic heterocycles. The Bertz CT molecular complexity index is 438. The Morgan fingerprint density at radius 1 is 0.826 bits per heavy atom. The first-order chi connectivity index (χ1) is 10.5. The van der Waals surface area contributed by atoms with E-state index >= 15 is 0 Å². The van der Waals surface area contributed by atoms with Crippen LogP contribution >= 0.6 is 0 Å². The summed E-state index contributed by atoms with van der Waals surface area (Å²) in [5.74, 6) is -7.37. The van der Waals surface area contributed by atoms with E-state index in [-0.39, 0.29) is 0 Å². The SMILES string of the molecule is CO[Si](C)(OC)OC(O[Si](C)(OC)OC)(C(C)=O)C(=O)C(=O)O. The molecule has 0 aliphatic rings. The first-order valence-electron chi connectivity index (χ1n) is 6.35. The maximum Gasteiger partial charge on any atom is 0.499 e. The second-order valence-corrected chi connectivity index (χ2v) is 10.0. The van der Waals surface area contributed by atoms with Gasteiger partial charge in [-0.05, 0) is 0 Å². The lowest BCUT2D eigenvalue weighted by molar-refractivity contribution is -0.197. The van der Waals surface area contributed by atoms with Crippen molar-refractivity contribution in [1.29, 1.82) is 0 Å². The van der Waals surface area contributed by atoms with Gasteiger partial charge in [-0.1, -0.05) is 0 Å². The van der Waals surface area contributed by atoms with Crippen molar-refractivity contribution in [2.45, 2.75) is 25.8 Å². The summed E-state index contributed by atoms with van der Waals surface area (Å²) in [6.45, 7) is 3.67. The average Bonchev–Trinajstić information content (AvgIpc) is 2.52. The van der Waals surface area contributed by atoms with E-state index < -0.39 is 40.9 Å². The van der Waals surface area contributed by atoms with Gasteiger partial charge < -0.3 is 31.7 Å². The molecule has 10 nitrogen and oxygen atoms in total. The van der Waals surface area contributed by atoms with Gasteiger partial charge in [-0.15, -0.1) is 0 Å². The fourth-order valence-corrected chi connectivity index (χ4v) is 3.76. The zero-order valence-electron chi connectivity index (χ0n) is 14.1. The summed E-state index contributed by atoms with van der Waals surface area (Å²) < 4.78 is 31.0. The molecule has 134 valence electrons. The van der Waals surface area contributed by atoms with Crippen molar-refractivity contribution in [3.05, 3.63) is 0 Å². The van der Waals surface area contributed by atoms with Gasteiger partial charge in [0.05, 0.1) is 0 Å². The number of carboxylic acid groups (broad SMARTS) is 1. The number of aliphatic carboxylic acids is 1. The van der Waals surface area contributed by atoms with Gasteiger partial charge in [0.25, 0.3) is 5.79 Å². The number of ketones is 2. The quantitative estimate of drug-likeness (QED) is 0.224.